The van der Waals surface area contributed by atoms with Gasteiger partial charge in [-0.15, -0.1) is 0 Å². The summed E-state index contributed by atoms with van der Waals surface area (Å²) in [4.78, 5) is 25.7. The zero-order valence-corrected chi connectivity index (χ0v) is 14.2. The highest BCUT2D eigenvalue weighted by molar-refractivity contribution is 5.99. The van der Waals surface area contributed by atoms with E-state index in [1.54, 1.807) is 11.7 Å². The fourth-order valence-electron chi connectivity index (χ4n) is 2.66. The summed E-state index contributed by atoms with van der Waals surface area (Å²) in [5.74, 6) is -0.106. The second-order valence-electron chi connectivity index (χ2n) is 5.95. The molecule has 0 fully saturated rings. The summed E-state index contributed by atoms with van der Waals surface area (Å²) in [5, 5.41) is 4.23. The average molecular weight is 317 g/mol. The third-order valence-corrected chi connectivity index (χ3v) is 3.83. The summed E-state index contributed by atoms with van der Waals surface area (Å²) in [6.45, 7) is 7.52. The van der Waals surface area contributed by atoms with Crippen LogP contribution in [-0.2, 0) is 11.8 Å². The lowest BCUT2D eigenvalue weighted by atomic mass is 10.2. The molecule has 7 nitrogen and oxygen atoms in total. The summed E-state index contributed by atoms with van der Waals surface area (Å²) in [7, 11) is 1.79. The van der Waals surface area contributed by atoms with Crippen LogP contribution < -0.4 is 5.73 Å². The minimum atomic E-state index is -0.536. The zero-order chi connectivity index (χ0) is 17.3. The van der Waals surface area contributed by atoms with Gasteiger partial charge in [-0.2, -0.15) is 5.10 Å². The molecule has 124 valence electrons. The van der Waals surface area contributed by atoms with Crippen LogP contribution in [0.15, 0.2) is 18.3 Å². The highest BCUT2D eigenvalue weighted by Gasteiger charge is 2.26. The van der Waals surface area contributed by atoms with E-state index in [-0.39, 0.29) is 18.5 Å². The summed E-state index contributed by atoms with van der Waals surface area (Å²) in [5.41, 5.74) is 7.73. The van der Waals surface area contributed by atoms with Crippen LogP contribution >= 0.6 is 0 Å². The first-order valence-corrected chi connectivity index (χ1v) is 7.50. The molecule has 0 aliphatic carbocycles. The SMILES string of the molecule is Cc1ccc(C)n1-c1c(C(=O)N(CC(N)=O)C(C)C)cnn1C. The number of rotatable bonds is 5. The van der Waals surface area contributed by atoms with Crippen molar-refractivity contribution in [2.75, 3.05) is 6.54 Å². The molecule has 0 bridgehead atoms. The Labute approximate surface area is 135 Å². The largest absolute Gasteiger partial charge is 0.368 e. The van der Waals surface area contributed by atoms with E-state index in [1.807, 2.05) is 44.4 Å². The molecule has 2 N–H and O–H groups in total. The maximum absolute atomic E-state index is 12.9. The normalized spacial score (nSPS) is 11.0. The third-order valence-electron chi connectivity index (χ3n) is 3.83. The molecule has 0 atom stereocenters. The molecule has 2 rings (SSSR count). The van der Waals surface area contributed by atoms with Crippen molar-refractivity contribution in [3.05, 3.63) is 35.3 Å². The van der Waals surface area contributed by atoms with Gasteiger partial charge in [-0.05, 0) is 39.8 Å². The van der Waals surface area contributed by atoms with E-state index in [9.17, 15) is 9.59 Å². The highest BCUT2D eigenvalue weighted by atomic mass is 16.2. The van der Waals surface area contributed by atoms with Crippen molar-refractivity contribution >= 4 is 11.8 Å². The van der Waals surface area contributed by atoms with Crippen molar-refractivity contribution in [1.82, 2.24) is 19.2 Å². The van der Waals surface area contributed by atoms with Gasteiger partial charge >= 0.3 is 0 Å². The number of aryl methyl sites for hydroxylation is 3. The molecule has 2 amide bonds. The van der Waals surface area contributed by atoms with Gasteiger partial charge in [-0.1, -0.05) is 0 Å². The minimum Gasteiger partial charge on any atom is -0.368 e. The molecule has 2 heterocycles. The number of carbonyl (C=O) groups excluding carboxylic acids is 2. The number of primary amides is 1. The van der Waals surface area contributed by atoms with Crippen LogP contribution in [0.25, 0.3) is 5.82 Å². The molecule has 0 spiro atoms. The fraction of sp³-hybridized carbons (Fsp3) is 0.438. The molecule has 0 aliphatic heterocycles. The number of carbonyl (C=O) groups is 2. The number of nitrogens with zero attached hydrogens (tertiary/aromatic N) is 4. The van der Waals surface area contributed by atoms with Crippen LogP contribution in [0, 0.1) is 13.8 Å². The van der Waals surface area contributed by atoms with Gasteiger partial charge in [0.1, 0.15) is 11.4 Å². The second-order valence-corrected chi connectivity index (χ2v) is 5.95. The van der Waals surface area contributed by atoms with Gasteiger partial charge in [0.05, 0.1) is 12.7 Å². The van der Waals surface area contributed by atoms with Gasteiger partial charge in [-0.3, -0.25) is 14.3 Å². The Balaban J connectivity index is 2.53. The topological polar surface area (TPSA) is 86.2 Å². The average Bonchev–Trinajstić information content (AvgIpc) is 2.98. The Morgan fingerprint density at radius 2 is 1.83 bits per heavy atom. The number of aromatic nitrogens is 3. The number of hydrogen-bond acceptors (Lipinski definition) is 3. The molecule has 2 aromatic rings. The van der Waals surface area contributed by atoms with Crippen molar-refractivity contribution in [3.63, 3.8) is 0 Å². The molecule has 0 aromatic carbocycles. The van der Waals surface area contributed by atoms with Gasteiger partial charge in [0.25, 0.3) is 5.91 Å². The molecule has 0 aliphatic rings. The van der Waals surface area contributed by atoms with E-state index in [0.717, 1.165) is 11.4 Å². The molecule has 0 saturated carbocycles. The predicted octanol–water partition coefficient (Wildman–Crippen LogP) is 1.16. The van der Waals surface area contributed by atoms with Gasteiger partial charge < -0.3 is 15.2 Å². The Morgan fingerprint density at radius 1 is 1.26 bits per heavy atom. The van der Waals surface area contributed by atoms with Gasteiger partial charge in [0.2, 0.25) is 5.91 Å². The smallest absolute Gasteiger partial charge is 0.259 e. The van der Waals surface area contributed by atoms with Crippen LogP contribution in [-0.4, -0.2) is 43.6 Å². The van der Waals surface area contributed by atoms with Gasteiger partial charge in [0.15, 0.2) is 0 Å². The first-order chi connectivity index (χ1) is 10.7. The Bertz CT molecular complexity index is 722. The molecular weight excluding hydrogens is 294 g/mol. The van der Waals surface area contributed by atoms with Gasteiger partial charge in [-0.25, -0.2) is 0 Å². The first-order valence-electron chi connectivity index (χ1n) is 7.50. The van der Waals surface area contributed by atoms with E-state index in [0.29, 0.717) is 11.4 Å². The Morgan fingerprint density at radius 3 is 2.30 bits per heavy atom. The van der Waals surface area contributed by atoms with Gasteiger partial charge in [0, 0.05) is 24.5 Å². The van der Waals surface area contributed by atoms with E-state index in [4.69, 9.17) is 5.73 Å². The van der Waals surface area contributed by atoms with Crippen molar-refractivity contribution in [1.29, 1.82) is 0 Å². The fourth-order valence-corrected chi connectivity index (χ4v) is 2.66. The molecule has 0 radical (unpaired) electrons. The lowest BCUT2D eigenvalue weighted by Crippen LogP contribution is -2.43. The lowest BCUT2D eigenvalue weighted by molar-refractivity contribution is -0.119. The predicted molar refractivity (Wildman–Crippen MR) is 87.4 cm³/mol. The van der Waals surface area contributed by atoms with E-state index in [2.05, 4.69) is 5.10 Å². The van der Waals surface area contributed by atoms with Crippen LogP contribution in [0.4, 0.5) is 0 Å². The highest BCUT2D eigenvalue weighted by Crippen LogP contribution is 2.21. The maximum Gasteiger partial charge on any atom is 0.259 e. The first kappa shape index (κ1) is 16.8. The van der Waals surface area contributed by atoms with Crippen LogP contribution in [0.1, 0.15) is 35.6 Å². The second kappa shape index (κ2) is 6.28. The summed E-state index contributed by atoms with van der Waals surface area (Å²) in [6, 6.07) is 3.83. The summed E-state index contributed by atoms with van der Waals surface area (Å²) < 4.78 is 3.64. The minimum absolute atomic E-state index is 0.117. The van der Waals surface area contributed by atoms with Crippen molar-refractivity contribution in [2.24, 2.45) is 12.8 Å². The Hall–Kier alpha value is -2.57. The summed E-state index contributed by atoms with van der Waals surface area (Å²) >= 11 is 0. The van der Waals surface area contributed by atoms with Crippen molar-refractivity contribution in [3.8, 4) is 5.82 Å². The standard InChI is InChI=1S/C16H23N5O2/c1-10(2)20(9-14(17)22)16(23)13-8-18-19(5)15(13)21-11(3)6-7-12(21)4/h6-8,10H,9H2,1-5H3,(H2,17,22). The molecule has 0 unspecified atom stereocenters. The monoisotopic (exact) mass is 317 g/mol. The van der Waals surface area contributed by atoms with Crippen LogP contribution in [0.5, 0.6) is 0 Å². The Kier molecular flexibility index (Phi) is 4.58. The number of amides is 2. The molecule has 0 saturated heterocycles. The number of nitrogens with two attached hydrogens (primary N) is 1. The molecule has 2 aromatic heterocycles. The van der Waals surface area contributed by atoms with E-state index >= 15 is 0 Å². The van der Waals surface area contributed by atoms with E-state index < -0.39 is 5.91 Å². The summed E-state index contributed by atoms with van der Waals surface area (Å²) in [6.07, 6.45) is 1.53. The number of hydrogen-bond donors (Lipinski definition) is 1. The van der Waals surface area contributed by atoms with Crippen molar-refractivity contribution in [2.45, 2.75) is 33.7 Å². The lowest BCUT2D eigenvalue weighted by Gasteiger charge is -2.25. The van der Waals surface area contributed by atoms with E-state index in [1.165, 1.54) is 11.1 Å². The molecule has 7 heteroatoms. The van der Waals surface area contributed by atoms with Crippen molar-refractivity contribution < 1.29 is 9.59 Å². The molecule has 23 heavy (non-hydrogen) atoms. The van der Waals surface area contributed by atoms with Crippen LogP contribution in [0.3, 0.4) is 0 Å². The third kappa shape index (κ3) is 3.13. The molecular formula is C16H23N5O2. The quantitative estimate of drug-likeness (QED) is 0.898. The maximum atomic E-state index is 12.9. The zero-order valence-electron chi connectivity index (χ0n) is 14.2. The van der Waals surface area contributed by atoms with Crippen LogP contribution in [0.2, 0.25) is 0 Å².